The number of nitrogens with two attached hydrogens (primary N) is 1. The SMILES string of the molecule is CCOP(=O)(OCC)C(C)(C)NCCOc1c2cc(C(C)(C)C)cc1Sc1cc(C(C)(C)C)cc(c1O)Sc1cc(C(C)(C)C)cc(c1O)Sc1cc(C(C)(C)C)cc(c1O)S2.NC(CCC(=O)O)C(=O)O. The predicted molar refractivity (Wildman–Crippen MR) is 293 cm³/mol. The second-order valence-electron chi connectivity index (χ2n) is 22.2. The summed E-state index contributed by atoms with van der Waals surface area (Å²) in [7, 11) is -3.52. The maximum Gasteiger partial charge on any atom is 0.349 e. The number of rotatable bonds is 14. The lowest BCUT2D eigenvalue weighted by molar-refractivity contribution is -0.139. The molecule has 5 rings (SSSR count). The zero-order valence-corrected chi connectivity index (χ0v) is 48.9. The average molecular weight is 1090 g/mol. The van der Waals surface area contributed by atoms with Crippen molar-refractivity contribution in [2.24, 2.45) is 5.73 Å². The monoisotopic (exact) mass is 1090 g/mol. The van der Waals surface area contributed by atoms with E-state index in [0.29, 0.717) is 41.7 Å². The molecule has 0 saturated heterocycles. The minimum absolute atomic E-state index is 0.0231. The Balaban J connectivity index is 0.00000101. The molecule has 72 heavy (non-hydrogen) atoms. The van der Waals surface area contributed by atoms with Crippen molar-refractivity contribution < 1.29 is 53.5 Å². The maximum atomic E-state index is 13.8. The van der Waals surface area contributed by atoms with Gasteiger partial charge in [-0.2, -0.15) is 0 Å². The Morgan fingerprint density at radius 1 is 0.569 bits per heavy atom. The van der Waals surface area contributed by atoms with Gasteiger partial charge in [0.1, 0.15) is 40.9 Å². The number of nitrogens with one attached hydrogen (secondary N) is 1. The molecule has 398 valence electrons. The highest BCUT2D eigenvalue weighted by Gasteiger charge is 2.43. The van der Waals surface area contributed by atoms with Crippen LogP contribution in [0.2, 0.25) is 0 Å². The topological polar surface area (TPSA) is 218 Å². The van der Waals surface area contributed by atoms with Gasteiger partial charge in [0.05, 0.1) is 52.4 Å². The first-order chi connectivity index (χ1) is 33.0. The van der Waals surface area contributed by atoms with E-state index in [-0.39, 0.29) is 71.6 Å². The molecular formula is C54H77N2O11PS4. The van der Waals surface area contributed by atoms with Crippen molar-refractivity contribution >= 4 is 66.6 Å². The van der Waals surface area contributed by atoms with E-state index in [1.807, 2.05) is 50.2 Å². The molecule has 1 atom stereocenters. The molecule has 18 heteroatoms. The van der Waals surface area contributed by atoms with Crippen molar-refractivity contribution in [3.05, 3.63) is 70.8 Å². The number of carboxylic acid groups (broad SMARTS) is 2. The molecule has 8 bridgehead atoms. The van der Waals surface area contributed by atoms with E-state index < -0.39 is 30.9 Å². The number of phenols is 3. The fourth-order valence-electron chi connectivity index (χ4n) is 7.00. The molecule has 1 unspecified atom stereocenters. The van der Waals surface area contributed by atoms with E-state index in [9.17, 15) is 29.5 Å². The summed E-state index contributed by atoms with van der Waals surface area (Å²) in [5, 5.41) is 55.3. The number of fused-ring (bicyclic) bond motifs is 8. The molecule has 4 aromatic rings. The van der Waals surface area contributed by atoms with Crippen molar-refractivity contribution in [2.75, 3.05) is 26.4 Å². The minimum atomic E-state index is -3.52. The molecule has 13 nitrogen and oxygen atoms in total. The summed E-state index contributed by atoms with van der Waals surface area (Å²) < 4.78 is 32.1. The van der Waals surface area contributed by atoms with Crippen molar-refractivity contribution in [3.63, 3.8) is 0 Å². The number of aliphatic carboxylic acids is 2. The van der Waals surface area contributed by atoms with Gasteiger partial charge < -0.3 is 45.1 Å². The number of carboxylic acids is 2. The largest absolute Gasteiger partial charge is 0.506 e. The molecule has 1 aliphatic rings. The summed E-state index contributed by atoms with van der Waals surface area (Å²) in [4.78, 5) is 25.2. The Kier molecular flexibility index (Phi) is 20.3. The first-order valence-corrected chi connectivity index (χ1v) is 28.8. The molecule has 1 heterocycles. The van der Waals surface area contributed by atoms with Crippen LogP contribution in [0, 0.1) is 0 Å². The molecule has 0 aliphatic carbocycles. The standard InChI is InChI=1S/C49H68NO7PS4.C5H9NO4/c1-17-56-58(54,57-18-2)49(15,16)50-19-20-55-44-39-27-32(48(12,13)14)28-40(44)62-38-26-31(47(9,10)11)24-36(43(38)53)60-34-22-29(45(3,4)5)21-33(41(34)51)59-35-23-30(46(6,7)8)25-37(61-39)42(35)52;6-3(5(9)10)1-2-4(7)8/h21-28,50-53H,17-20H2,1-16H3;3H,1-2,6H2,(H,7,8)(H,9,10). The van der Waals surface area contributed by atoms with Crippen LogP contribution in [0.1, 0.15) is 146 Å². The summed E-state index contributed by atoms with van der Waals surface area (Å²) >= 11 is 5.55. The van der Waals surface area contributed by atoms with Crippen LogP contribution in [0.15, 0.2) is 87.7 Å². The Bertz CT molecular complexity index is 2520. The van der Waals surface area contributed by atoms with Gasteiger partial charge in [-0.1, -0.05) is 130 Å². The van der Waals surface area contributed by atoms with Crippen LogP contribution in [0.3, 0.4) is 0 Å². The third kappa shape index (κ3) is 15.8. The third-order valence-corrected chi connectivity index (χ3v) is 18.6. The smallest absolute Gasteiger partial charge is 0.349 e. The Labute approximate surface area is 444 Å². The van der Waals surface area contributed by atoms with E-state index in [1.54, 1.807) is 13.8 Å². The lowest BCUT2D eigenvalue weighted by atomic mass is 9.87. The number of ether oxygens (including phenoxy) is 1. The number of hydrogen-bond acceptors (Lipinski definition) is 15. The van der Waals surface area contributed by atoms with E-state index in [4.69, 9.17) is 29.7 Å². The molecule has 0 saturated carbocycles. The van der Waals surface area contributed by atoms with Gasteiger partial charge in [0.2, 0.25) is 0 Å². The van der Waals surface area contributed by atoms with Crippen LogP contribution in [0.5, 0.6) is 23.0 Å². The quantitative estimate of drug-likeness (QED) is 0.0406. The second kappa shape index (κ2) is 24.0. The lowest BCUT2D eigenvalue weighted by Crippen LogP contribution is -2.42. The first kappa shape index (κ1) is 61.0. The van der Waals surface area contributed by atoms with Crippen molar-refractivity contribution in [1.29, 1.82) is 0 Å². The van der Waals surface area contributed by atoms with Crippen molar-refractivity contribution in [2.45, 2.75) is 196 Å². The van der Waals surface area contributed by atoms with Gasteiger partial charge in [0, 0.05) is 13.0 Å². The van der Waals surface area contributed by atoms with E-state index >= 15 is 0 Å². The first-order valence-electron chi connectivity index (χ1n) is 24.0. The second-order valence-corrected chi connectivity index (χ2v) is 29.2. The van der Waals surface area contributed by atoms with Crippen LogP contribution < -0.4 is 15.8 Å². The zero-order valence-electron chi connectivity index (χ0n) is 44.8. The fourth-order valence-corrected chi connectivity index (χ4v) is 13.2. The maximum absolute atomic E-state index is 13.8. The van der Waals surface area contributed by atoms with Crippen LogP contribution in [0.25, 0.3) is 0 Å². The van der Waals surface area contributed by atoms with Crippen LogP contribution in [0.4, 0.5) is 0 Å². The third-order valence-electron chi connectivity index (χ3n) is 11.7. The highest BCUT2D eigenvalue weighted by Crippen LogP contribution is 2.59. The van der Waals surface area contributed by atoms with Gasteiger partial charge in [-0.25, -0.2) is 0 Å². The summed E-state index contributed by atoms with van der Waals surface area (Å²) in [5.74, 6) is -1.28. The molecule has 0 amide bonds. The normalized spacial score (nSPS) is 14.0. The molecular weight excluding hydrogens is 1010 g/mol. The van der Waals surface area contributed by atoms with Crippen LogP contribution >= 0.6 is 54.6 Å². The molecule has 0 fully saturated rings. The van der Waals surface area contributed by atoms with Gasteiger partial charge in [-0.15, -0.1) is 0 Å². The van der Waals surface area contributed by atoms with Crippen molar-refractivity contribution in [1.82, 2.24) is 5.32 Å². The summed E-state index contributed by atoms with van der Waals surface area (Å²) in [5.41, 5.74) is 8.07. The molecule has 0 aromatic heterocycles. The molecule has 0 spiro atoms. The summed E-state index contributed by atoms with van der Waals surface area (Å²) in [6, 6.07) is 15.4. The summed E-state index contributed by atoms with van der Waals surface area (Å²) in [6.07, 6.45) is -0.224. The van der Waals surface area contributed by atoms with Crippen LogP contribution in [-0.2, 0) is 44.9 Å². The fraction of sp³-hybridized carbons (Fsp3) is 0.519. The van der Waals surface area contributed by atoms with Gasteiger partial charge >= 0.3 is 19.5 Å². The van der Waals surface area contributed by atoms with E-state index in [1.165, 1.54) is 47.0 Å². The molecule has 4 aromatic carbocycles. The molecule has 1 aliphatic heterocycles. The number of phenolic OH excluding ortho intramolecular Hbond substituents is 3. The van der Waals surface area contributed by atoms with E-state index in [0.717, 1.165) is 32.0 Å². The average Bonchev–Trinajstić information content (AvgIpc) is 3.24. The van der Waals surface area contributed by atoms with Crippen molar-refractivity contribution in [3.8, 4) is 23.0 Å². The highest BCUT2D eigenvalue weighted by molar-refractivity contribution is 8.01. The number of aromatic hydroxyl groups is 3. The van der Waals surface area contributed by atoms with Gasteiger partial charge in [-0.3, -0.25) is 19.5 Å². The molecule has 8 N–H and O–H groups in total. The van der Waals surface area contributed by atoms with Gasteiger partial charge in [0.25, 0.3) is 0 Å². The molecule has 0 radical (unpaired) electrons. The van der Waals surface area contributed by atoms with E-state index in [2.05, 4.69) is 101 Å². The highest BCUT2D eigenvalue weighted by atomic mass is 32.2. The number of carbonyl (C=O) groups is 2. The Morgan fingerprint density at radius 3 is 1.12 bits per heavy atom. The summed E-state index contributed by atoms with van der Waals surface area (Å²) in [6.45, 7) is 34.1. The predicted octanol–water partition coefficient (Wildman–Crippen LogP) is 14.1. The van der Waals surface area contributed by atoms with Gasteiger partial charge in [0.15, 0.2) is 0 Å². The minimum Gasteiger partial charge on any atom is -0.506 e. The van der Waals surface area contributed by atoms with Crippen LogP contribution in [-0.4, -0.2) is 75.2 Å². The Morgan fingerprint density at radius 2 is 0.861 bits per heavy atom. The number of hydrogen-bond donors (Lipinski definition) is 7. The van der Waals surface area contributed by atoms with Gasteiger partial charge in [-0.05, 0) is 127 Å². The lowest BCUT2D eigenvalue weighted by Gasteiger charge is -2.33. The zero-order chi connectivity index (χ0) is 54.5. The number of benzene rings is 4. The Hall–Kier alpha value is -3.51.